The van der Waals surface area contributed by atoms with E-state index in [0.29, 0.717) is 5.92 Å². The summed E-state index contributed by atoms with van der Waals surface area (Å²) in [4.78, 5) is 15.0. The highest BCUT2D eigenvalue weighted by atomic mass is 16.6. The number of piperazine rings is 1. The van der Waals surface area contributed by atoms with E-state index in [9.17, 15) is 10.1 Å². The van der Waals surface area contributed by atoms with Crippen LogP contribution in [0.5, 0.6) is 0 Å². The number of anilines is 1. The van der Waals surface area contributed by atoms with Crippen LogP contribution in [0.15, 0.2) is 18.2 Å². The van der Waals surface area contributed by atoms with Gasteiger partial charge in [-0.05, 0) is 24.5 Å². The van der Waals surface area contributed by atoms with Crippen LogP contribution in [0.4, 0.5) is 11.4 Å². The quantitative estimate of drug-likeness (QED) is 0.620. The molecule has 122 valence electrons. The number of benzene rings is 1. The van der Waals surface area contributed by atoms with Crippen molar-refractivity contribution < 1.29 is 9.66 Å². The first kappa shape index (κ1) is 15.7. The molecule has 2 fully saturated rings. The Morgan fingerprint density at radius 2 is 2.13 bits per heavy atom. The minimum atomic E-state index is -0.510. The minimum absolute atomic E-state index is 0.123. The average Bonchev–Trinajstić information content (AvgIpc) is 3.08. The Hall–Kier alpha value is -2.17. The minimum Gasteiger partial charge on any atom is -0.381 e. The van der Waals surface area contributed by atoms with Gasteiger partial charge in [0.15, 0.2) is 0 Å². The lowest BCUT2D eigenvalue weighted by Gasteiger charge is -2.37. The second-order valence-corrected chi connectivity index (χ2v) is 6.09. The molecule has 2 aliphatic rings. The molecule has 23 heavy (non-hydrogen) atoms. The molecular weight excluding hydrogens is 296 g/mol. The van der Waals surface area contributed by atoms with Gasteiger partial charge in [-0.3, -0.25) is 15.0 Å². The first-order valence-corrected chi connectivity index (χ1v) is 7.91. The number of nitro groups is 1. The van der Waals surface area contributed by atoms with Crippen molar-refractivity contribution in [2.24, 2.45) is 5.92 Å². The van der Waals surface area contributed by atoms with Crippen LogP contribution in [-0.2, 0) is 4.74 Å². The summed E-state index contributed by atoms with van der Waals surface area (Å²) < 4.78 is 5.42. The largest absolute Gasteiger partial charge is 0.381 e. The molecule has 1 atom stereocenters. The number of nitriles is 1. The topological polar surface area (TPSA) is 82.6 Å². The number of hydrogen-bond donors (Lipinski definition) is 0. The third-order valence-corrected chi connectivity index (χ3v) is 4.58. The van der Waals surface area contributed by atoms with Gasteiger partial charge in [-0.2, -0.15) is 5.26 Å². The van der Waals surface area contributed by atoms with Crippen molar-refractivity contribution in [3.8, 4) is 6.07 Å². The van der Waals surface area contributed by atoms with Crippen LogP contribution in [0.3, 0.4) is 0 Å². The molecule has 0 aliphatic carbocycles. The highest BCUT2D eigenvalue weighted by Crippen LogP contribution is 2.25. The maximum Gasteiger partial charge on any atom is 0.287 e. The summed E-state index contributed by atoms with van der Waals surface area (Å²) in [5.41, 5.74) is 0.880. The lowest BCUT2D eigenvalue weighted by Crippen LogP contribution is -2.47. The van der Waals surface area contributed by atoms with Crippen molar-refractivity contribution in [1.82, 2.24) is 4.90 Å². The Morgan fingerprint density at radius 1 is 1.35 bits per heavy atom. The van der Waals surface area contributed by atoms with Crippen molar-refractivity contribution in [1.29, 1.82) is 5.26 Å². The summed E-state index contributed by atoms with van der Waals surface area (Å²) in [7, 11) is 0. The SMILES string of the molecule is N#Cc1cc(N2CCN(C[C@@H]3CCOC3)CC2)ccc1[N+](=O)[O-]. The maximum absolute atomic E-state index is 10.9. The number of nitrogens with zero attached hydrogens (tertiary/aromatic N) is 4. The highest BCUT2D eigenvalue weighted by molar-refractivity contribution is 5.60. The normalized spacial score (nSPS) is 22.0. The van der Waals surface area contributed by atoms with Gasteiger partial charge in [0.25, 0.3) is 5.69 Å². The molecule has 2 heterocycles. The standard InChI is InChI=1S/C16H20N4O3/c17-10-14-9-15(1-2-16(14)20(21)22)19-6-4-18(5-7-19)11-13-3-8-23-12-13/h1-2,9,13H,3-8,11-12H2/t13-/m0/s1. The molecule has 0 amide bonds. The molecule has 3 rings (SSSR count). The second-order valence-electron chi connectivity index (χ2n) is 6.09. The monoisotopic (exact) mass is 316 g/mol. The summed E-state index contributed by atoms with van der Waals surface area (Å²) in [5.74, 6) is 0.645. The number of hydrogen-bond acceptors (Lipinski definition) is 6. The van der Waals surface area contributed by atoms with Gasteiger partial charge in [0.2, 0.25) is 0 Å². The Kier molecular flexibility index (Phi) is 4.74. The molecule has 0 saturated carbocycles. The van der Waals surface area contributed by atoms with Crippen LogP contribution in [0.1, 0.15) is 12.0 Å². The average molecular weight is 316 g/mol. The molecule has 1 aromatic carbocycles. The molecule has 0 radical (unpaired) electrons. The molecular formula is C16H20N4O3. The molecule has 7 nitrogen and oxygen atoms in total. The fourth-order valence-corrected chi connectivity index (χ4v) is 3.25. The third-order valence-electron chi connectivity index (χ3n) is 4.58. The van der Waals surface area contributed by atoms with Crippen molar-refractivity contribution in [3.63, 3.8) is 0 Å². The Balaban J connectivity index is 1.61. The van der Waals surface area contributed by atoms with E-state index >= 15 is 0 Å². The van der Waals surface area contributed by atoms with E-state index in [2.05, 4.69) is 9.80 Å². The smallest absolute Gasteiger partial charge is 0.287 e. The zero-order chi connectivity index (χ0) is 16.2. The van der Waals surface area contributed by atoms with Crippen molar-refractivity contribution in [2.45, 2.75) is 6.42 Å². The first-order valence-electron chi connectivity index (χ1n) is 7.91. The number of nitro benzene ring substituents is 1. The van der Waals surface area contributed by atoms with Crippen LogP contribution in [0.2, 0.25) is 0 Å². The van der Waals surface area contributed by atoms with Gasteiger partial charge in [-0.25, -0.2) is 0 Å². The molecule has 7 heteroatoms. The van der Waals surface area contributed by atoms with E-state index in [4.69, 9.17) is 10.00 Å². The van der Waals surface area contributed by atoms with Crippen LogP contribution in [0.25, 0.3) is 0 Å². The summed E-state index contributed by atoms with van der Waals surface area (Å²) in [6, 6.07) is 6.71. The van der Waals surface area contributed by atoms with E-state index in [1.807, 2.05) is 6.07 Å². The third kappa shape index (κ3) is 3.60. The van der Waals surface area contributed by atoms with Crippen molar-refractivity contribution in [3.05, 3.63) is 33.9 Å². The summed E-state index contributed by atoms with van der Waals surface area (Å²) >= 11 is 0. The highest BCUT2D eigenvalue weighted by Gasteiger charge is 2.24. The van der Waals surface area contributed by atoms with Gasteiger partial charge >= 0.3 is 0 Å². The van der Waals surface area contributed by atoms with E-state index in [0.717, 1.165) is 58.0 Å². The Bertz CT molecular complexity index is 614. The predicted octanol–water partition coefficient (Wildman–Crippen LogP) is 1.62. The molecule has 0 N–H and O–H groups in total. The number of ether oxygens (including phenoxy) is 1. The lowest BCUT2D eigenvalue weighted by atomic mass is 10.1. The zero-order valence-corrected chi connectivity index (χ0v) is 13.0. The molecule has 0 unspecified atom stereocenters. The fourth-order valence-electron chi connectivity index (χ4n) is 3.25. The van der Waals surface area contributed by atoms with E-state index in [-0.39, 0.29) is 11.3 Å². The fraction of sp³-hybridized carbons (Fsp3) is 0.562. The van der Waals surface area contributed by atoms with Gasteiger partial charge in [-0.15, -0.1) is 0 Å². The van der Waals surface area contributed by atoms with Gasteiger partial charge in [-0.1, -0.05) is 0 Å². The van der Waals surface area contributed by atoms with Gasteiger partial charge < -0.3 is 9.64 Å². The molecule has 0 aromatic heterocycles. The van der Waals surface area contributed by atoms with Crippen LogP contribution in [-0.4, -0.2) is 55.8 Å². The molecule has 0 bridgehead atoms. The lowest BCUT2D eigenvalue weighted by molar-refractivity contribution is -0.385. The predicted molar refractivity (Wildman–Crippen MR) is 85.4 cm³/mol. The Labute approximate surface area is 135 Å². The zero-order valence-electron chi connectivity index (χ0n) is 13.0. The van der Waals surface area contributed by atoms with E-state index < -0.39 is 4.92 Å². The molecule has 2 aliphatic heterocycles. The number of rotatable bonds is 4. The maximum atomic E-state index is 10.9. The Morgan fingerprint density at radius 3 is 2.74 bits per heavy atom. The summed E-state index contributed by atoms with van der Waals surface area (Å²) in [6.45, 7) is 6.51. The van der Waals surface area contributed by atoms with Gasteiger partial charge in [0, 0.05) is 51.1 Å². The van der Waals surface area contributed by atoms with Crippen molar-refractivity contribution >= 4 is 11.4 Å². The summed E-state index contributed by atoms with van der Waals surface area (Å²) in [6.07, 6.45) is 1.15. The van der Waals surface area contributed by atoms with E-state index in [1.54, 1.807) is 12.1 Å². The molecule has 2 saturated heterocycles. The van der Waals surface area contributed by atoms with Gasteiger partial charge in [0.1, 0.15) is 11.6 Å². The molecule has 1 aromatic rings. The molecule has 0 spiro atoms. The van der Waals surface area contributed by atoms with Crippen LogP contribution in [0, 0.1) is 27.4 Å². The first-order chi connectivity index (χ1) is 11.2. The summed E-state index contributed by atoms with van der Waals surface area (Å²) in [5, 5.41) is 20.0. The second kappa shape index (κ2) is 6.94. The van der Waals surface area contributed by atoms with Crippen LogP contribution < -0.4 is 4.90 Å². The van der Waals surface area contributed by atoms with Crippen LogP contribution >= 0.6 is 0 Å². The van der Waals surface area contributed by atoms with Crippen molar-refractivity contribution in [2.75, 3.05) is 50.8 Å². The van der Waals surface area contributed by atoms with E-state index in [1.165, 1.54) is 6.07 Å². The van der Waals surface area contributed by atoms with Gasteiger partial charge in [0.05, 0.1) is 11.5 Å².